The van der Waals surface area contributed by atoms with Gasteiger partial charge in [0.25, 0.3) is 0 Å². The van der Waals surface area contributed by atoms with Gasteiger partial charge in [-0.1, -0.05) is 44.2 Å². The van der Waals surface area contributed by atoms with E-state index in [2.05, 4.69) is 22.9 Å². The molecule has 3 rings (SSSR count). The second-order valence-corrected chi connectivity index (χ2v) is 8.80. The molecule has 1 N–H and O–H groups in total. The van der Waals surface area contributed by atoms with Crippen molar-refractivity contribution in [1.82, 2.24) is 20.0 Å². The fourth-order valence-corrected chi connectivity index (χ4v) is 4.25. The maximum Gasteiger partial charge on any atom is 0.245 e. The molecule has 7 nitrogen and oxygen atoms in total. The van der Waals surface area contributed by atoms with Crippen molar-refractivity contribution >= 4 is 17.7 Å². The normalized spacial score (nSPS) is 19.1. The lowest BCUT2D eigenvalue weighted by Crippen LogP contribution is -2.58. The summed E-state index contributed by atoms with van der Waals surface area (Å²) in [6.07, 6.45) is 2.66. The summed E-state index contributed by atoms with van der Waals surface area (Å²) in [4.78, 5) is 44.0. The van der Waals surface area contributed by atoms with Gasteiger partial charge < -0.3 is 15.1 Å². The summed E-state index contributed by atoms with van der Waals surface area (Å²) in [5.74, 6) is 0.271. The quantitative estimate of drug-likeness (QED) is 0.670. The van der Waals surface area contributed by atoms with E-state index in [9.17, 15) is 14.4 Å². The lowest BCUT2D eigenvalue weighted by molar-refractivity contribution is -0.148. The van der Waals surface area contributed by atoms with Crippen LogP contribution in [0.4, 0.5) is 0 Å². The maximum absolute atomic E-state index is 13.5. The molecule has 1 fully saturated rings. The predicted molar refractivity (Wildman–Crippen MR) is 120 cm³/mol. The summed E-state index contributed by atoms with van der Waals surface area (Å²) in [7, 11) is 0. The Morgan fingerprint density at radius 2 is 1.81 bits per heavy atom. The number of carbonyl (C=O) groups excluding carboxylic acids is 3. The Hall–Kier alpha value is -2.67. The van der Waals surface area contributed by atoms with Crippen LogP contribution < -0.4 is 5.32 Å². The molecule has 0 aliphatic carbocycles. The minimum Gasteiger partial charge on any atom is -0.352 e. The molecule has 168 valence electrons. The van der Waals surface area contributed by atoms with E-state index in [1.165, 1.54) is 0 Å². The summed E-state index contributed by atoms with van der Waals surface area (Å²) < 4.78 is 0. The maximum atomic E-state index is 13.5. The number of piperazine rings is 1. The summed E-state index contributed by atoms with van der Waals surface area (Å²) in [6.45, 7) is 11.4. The van der Waals surface area contributed by atoms with Gasteiger partial charge in [-0.3, -0.25) is 19.3 Å². The van der Waals surface area contributed by atoms with Crippen LogP contribution in [0.25, 0.3) is 0 Å². The molecule has 1 saturated heterocycles. The Bertz CT molecular complexity index is 815. The molecule has 2 aliphatic heterocycles. The molecular weight excluding hydrogens is 392 g/mol. The summed E-state index contributed by atoms with van der Waals surface area (Å²) in [5, 5.41) is 2.79. The second-order valence-electron chi connectivity index (χ2n) is 8.80. The minimum atomic E-state index is -0.455. The monoisotopic (exact) mass is 426 g/mol. The van der Waals surface area contributed by atoms with E-state index < -0.39 is 6.04 Å². The lowest BCUT2D eigenvalue weighted by atomic mass is 9.92. The van der Waals surface area contributed by atoms with E-state index in [1.807, 2.05) is 36.9 Å². The average Bonchev–Trinajstić information content (AvgIpc) is 2.76. The Morgan fingerprint density at radius 1 is 1.13 bits per heavy atom. The van der Waals surface area contributed by atoms with Crippen LogP contribution >= 0.6 is 0 Å². The van der Waals surface area contributed by atoms with Crippen LogP contribution in [0.2, 0.25) is 0 Å². The Kier molecular flexibility index (Phi) is 7.85. The van der Waals surface area contributed by atoms with Gasteiger partial charge in [0.2, 0.25) is 17.7 Å². The number of rotatable bonds is 7. The summed E-state index contributed by atoms with van der Waals surface area (Å²) in [5.41, 5.74) is 2.27. The molecule has 1 aromatic carbocycles. The molecule has 0 bridgehead atoms. The Morgan fingerprint density at radius 3 is 2.45 bits per heavy atom. The van der Waals surface area contributed by atoms with Crippen molar-refractivity contribution in [3.63, 3.8) is 0 Å². The third kappa shape index (κ3) is 5.94. The van der Waals surface area contributed by atoms with Gasteiger partial charge in [-0.05, 0) is 17.0 Å². The van der Waals surface area contributed by atoms with Gasteiger partial charge in [-0.2, -0.15) is 0 Å². The highest BCUT2D eigenvalue weighted by Gasteiger charge is 2.37. The first-order valence-corrected chi connectivity index (χ1v) is 11.1. The molecule has 1 unspecified atom stereocenters. The fraction of sp³-hybridized carbons (Fsp3) is 0.542. The third-order valence-electron chi connectivity index (χ3n) is 5.93. The topological polar surface area (TPSA) is 73.0 Å². The number of nitrogens with one attached hydrogen (secondary N) is 1. The largest absolute Gasteiger partial charge is 0.352 e. The van der Waals surface area contributed by atoms with Crippen LogP contribution in [0.3, 0.4) is 0 Å². The van der Waals surface area contributed by atoms with E-state index in [0.717, 1.165) is 11.1 Å². The van der Waals surface area contributed by atoms with E-state index in [4.69, 9.17) is 0 Å². The highest BCUT2D eigenvalue weighted by atomic mass is 16.2. The van der Waals surface area contributed by atoms with Crippen molar-refractivity contribution in [3.8, 4) is 0 Å². The van der Waals surface area contributed by atoms with E-state index in [1.54, 1.807) is 11.0 Å². The van der Waals surface area contributed by atoms with E-state index in [0.29, 0.717) is 58.7 Å². The van der Waals surface area contributed by atoms with Crippen LogP contribution in [0.5, 0.6) is 0 Å². The Labute approximate surface area is 185 Å². The van der Waals surface area contributed by atoms with Crippen LogP contribution in [-0.2, 0) is 27.3 Å². The number of hydrogen-bond donors (Lipinski definition) is 1. The number of hydrogen-bond acceptors (Lipinski definition) is 4. The standard InChI is InChI=1S/C24H34N4O3/c1-4-9-25-22(29)17-26-10-12-27(13-11-26)24(31)21-15-19-7-5-6-8-20(19)16-28(21)23(30)14-18(2)3/h4-8,18,21H,1,9-17H2,2-3H3,(H,25,29). The highest BCUT2D eigenvalue weighted by Crippen LogP contribution is 2.26. The number of carbonyl (C=O) groups is 3. The molecule has 0 spiro atoms. The third-order valence-corrected chi connectivity index (χ3v) is 5.93. The van der Waals surface area contributed by atoms with Gasteiger partial charge in [-0.15, -0.1) is 6.58 Å². The van der Waals surface area contributed by atoms with Crippen molar-refractivity contribution in [2.75, 3.05) is 39.3 Å². The van der Waals surface area contributed by atoms with Crippen molar-refractivity contribution in [3.05, 3.63) is 48.0 Å². The van der Waals surface area contributed by atoms with Crippen LogP contribution in [-0.4, -0.2) is 77.7 Å². The number of nitrogens with zero attached hydrogens (tertiary/aromatic N) is 3. The highest BCUT2D eigenvalue weighted by molar-refractivity contribution is 5.88. The van der Waals surface area contributed by atoms with Gasteiger partial charge in [0.15, 0.2) is 0 Å². The average molecular weight is 427 g/mol. The molecule has 3 amide bonds. The minimum absolute atomic E-state index is 0.0161. The number of fused-ring (bicyclic) bond motifs is 1. The SMILES string of the molecule is C=CCNC(=O)CN1CCN(C(=O)C2Cc3ccccc3CN2C(=O)CC(C)C)CC1. The molecule has 0 aromatic heterocycles. The molecule has 31 heavy (non-hydrogen) atoms. The van der Waals surface area contributed by atoms with Crippen molar-refractivity contribution in [2.45, 2.75) is 39.3 Å². The summed E-state index contributed by atoms with van der Waals surface area (Å²) >= 11 is 0. The smallest absolute Gasteiger partial charge is 0.245 e. The molecule has 0 radical (unpaired) electrons. The second kappa shape index (κ2) is 10.6. The Balaban J connectivity index is 1.65. The molecule has 0 saturated carbocycles. The fourth-order valence-electron chi connectivity index (χ4n) is 4.25. The van der Waals surface area contributed by atoms with Gasteiger partial charge in [0, 0.05) is 52.1 Å². The van der Waals surface area contributed by atoms with E-state index >= 15 is 0 Å². The van der Waals surface area contributed by atoms with Gasteiger partial charge in [-0.25, -0.2) is 0 Å². The number of benzene rings is 1. The van der Waals surface area contributed by atoms with Crippen molar-refractivity contribution in [1.29, 1.82) is 0 Å². The molecule has 1 atom stereocenters. The van der Waals surface area contributed by atoms with Crippen LogP contribution in [0.15, 0.2) is 36.9 Å². The summed E-state index contributed by atoms with van der Waals surface area (Å²) in [6, 6.07) is 7.61. The zero-order chi connectivity index (χ0) is 22.4. The van der Waals surface area contributed by atoms with E-state index in [-0.39, 0.29) is 23.6 Å². The molecule has 7 heteroatoms. The molecular formula is C24H34N4O3. The van der Waals surface area contributed by atoms with Crippen molar-refractivity contribution < 1.29 is 14.4 Å². The van der Waals surface area contributed by atoms with Crippen LogP contribution in [0.1, 0.15) is 31.4 Å². The first kappa shape index (κ1) is 23.0. The van der Waals surface area contributed by atoms with Gasteiger partial charge in [0.05, 0.1) is 6.54 Å². The first-order chi connectivity index (χ1) is 14.9. The first-order valence-electron chi connectivity index (χ1n) is 11.1. The zero-order valence-electron chi connectivity index (χ0n) is 18.7. The van der Waals surface area contributed by atoms with Crippen molar-refractivity contribution in [2.24, 2.45) is 5.92 Å². The molecule has 2 aliphatic rings. The predicted octanol–water partition coefficient (Wildman–Crippen LogP) is 1.43. The molecule has 2 heterocycles. The number of amides is 3. The van der Waals surface area contributed by atoms with Gasteiger partial charge in [0.1, 0.15) is 6.04 Å². The zero-order valence-corrected chi connectivity index (χ0v) is 18.7. The van der Waals surface area contributed by atoms with Crippen LogP contribution in [0, 0.1) is 5.92 Å². The molecule has 1 aromatic rings. The van der Waals surface area contributed by atoms with Gasteiger partial charge >= 0.3 is 0 Å². The lowest BCUT2D eigenvalue weighted by Gasteiger charge is -2.41.